The number of hydrogen-bond acceptors (Lipinski definition) is 2. The van der Waals surface area contributed by atoms with Gasteiger partial charge in [-0.1, -0.05) is 41.9 Å². The molecule has 1 amide bonds. The number of aryl methyl sites for hydroxylation is 1. The van der Waals surface area contributed by atoms with Crippen molar-refractivity contribution in [3.63, 3.8) is 0 Å². The maximum atomic E-state index is 11.3. The fraction of sp³-hybridized carbons (Fsp3) is 0.500. The Morgan fingerprint density at radius 2 is 2.06 bits per heavy atom. The van der Waals surface area contributed by atoms with Gasteiger partial charge in [-0.3, -0.25) is 4.79 Å². The molecular weight excluding hydrogens is 292 g/mol. The van der Waals surface area contributed by atoms with E-state index in [0.29, 0.717) is 6.54 Å². The second kappa shape index (κ2) is 7.54. The third-order valence-corrected chi connectivity index (χ3v) is 3.57. The predicted octanol–water partition coefficient (Wildman–Crippen LogP) is 2.62. The number of carbonyl (C=O) groups is 1. The van der Waals surface area contributed by atoms with Gasteiger partial charge in [0.1, 0.15) is 0 Å². The molecule has 0 bridgehead atoms. The lowest BCUT2D eigenvalue weighted by atomic mass is 10.1. The van der Waals surface area contributed by atoms with Crippen molar-refractivity contribution in [1.82, 2.24) is 10.6 Å². The summed E-state index contributed by atoms with van der Waals surface area (Å²) in [4.78, 5) is 11.3. The molecule has 0 fully saturated rings. The molecule has 0 radical (unpaired) electrons. The largest absolute Gasteiger partial charge is 0.355 e. The second-order valence-electron chi connectivity index (χ2n) is 4.71. The normalized spacial score (nSPS) is 10.7. The zero-order chi connectivity index (χ0) is 13.5. The van der Waals surface area contributed by atoms with E-state index >= 15 is 0 Å². The molecule has 0 saturated carbocycles. The SMILES string of the molecule is Cc1cc(CNCCNC(=O)C(C)C)ccc1Br. The van der Waals surface area contributed by atoms with Crippen LogP contribution in [0.2, 0.25) is 0 Å². The zero-order valence-electron chi connectivity index (χ0n) is 11.2. The number of carbonyl (C=O) groups excluding carboxylic acids is 1. The summed E-state index contributed by atoms with van der Waals surface area (Å²) in [6, 6.07) is 6.31. The summed E-state index contributed by atoms with van der Waals surface area (Å²) in [6.07, 6.45) is 0. The van der Waals surface area contributed by atoms with E-state index in [2.05, 4.69) is 51.7 Å². The number of nitrogens with one attached hydrogen (secondary N) is 2. The Hall–Kier alpha value is -0.870. The van der Waals surface area contributed by atoms with Crippen LogP contribution in [0.1, 0.15) is 25.0 Å². The molecule has 4 heteroatoms. The Bertz CT molecular complexity index is 405. The van der Waals surface area contributed by atoms with Crippen molar-refractivity contribution < 1.29 is 4.79 Å². The van der Waals surface area contributed by atoms with E-state index < -0.39 is 0 Å². The summed E-state index contributed by atoms with van der Waals surface area (Å²) in [5.74, 6) is 0.162. The molecule has 1 rings (SSSR count). The lowest BCUT2D eigenvalue weighted by Gasteiger charge is -2.09. The fourth-order valence-electron chi connectivity index (χ4n) is 1.53. The second-order valence-corrected chi connectivity index (χ2v) is 5.56. The van der Waals surface area contributed by atoms with Crippen LogP contribution in [-0.4, -0.2) is 19.0 Å². The topological polar surface area (TPSA) is 41.1 Å². The van der Waals surface area contributed by atoms with Gasteiger partial charge in [0.2, 0.25) is 5.91 Å². The molecule has 1 aromatic rings. The average Bonchev–Trinajstić information content (AvgIpc) is 2.32. The van der Waals surface area contributed by atoms with E-state index in [9.17, 15) is 4.79 Å². The van der Waals surface area contributed by atoms with Gasteiger partial charge in [0.25, 0.3) is 0 Å². The van der Waals surface area contributed by atoms with Crippen molar-refractivity contribution in [1.29, 1.82) is 0 Å². The monoisotopic (exact) mass is 312 g/mol. The van der Waals surface area contributed by atoms with E-state index in [0.717, 1.165) is 17.6 Å². The van der Waals surface area contributed by atoms with Crippen LogP contribution in [0.25, 0.3) is 0 Å². The van der Waals surface area contributed by atoms with Crippen molar-refractivity contribution in [3.05, 3.63) is 33.8 Å². The van der Waals surface area contributed by atoms with E-state index in [1.807, 2.05) is 13.8 Å². The summed E-state index contributed by atoms with van der Waals surface area (Å²) >= 11 is 3.48. The standard InChI is InChI=1S/C14H21BrN2O/c1-10(2)14(18)17-7-6-16-9-12-4-5-13(15)11(3)8-12/h4-5,8,10,16H,6-7,9H2,1-3H3,(H,17,18). The molecule has 100 valence electrons. The first-order valence-electron chi connectivity index (χ1n) is 6.24. The fourth-order valence-corrected chi connectivity index (χ4v) is 1.77. The quantitative estimate of drug-likeness (QED) is 0.793. The molecule has 0 heterocycles. The van der Waals surface area contributed by atoms with Gasteiger partial charge < -0.3 is 10.6 Å². The Balaban J connectivity index is 2.22. The van der Waals surface area contributed by atoms with Crippen LogP contribution in [-0.2, 0) is 11.3 Å². The first-order chi connectivity index (χ1) is 8.50. The number of benzene rings is 1. The molecule has 3 nitrogen and oxygen atoms in total. The number of halogens is 1. The van der Waals surface area contributed by atoms with Crippen LogP contribution in [0.4, 0.5) is 0 Å². The Morgan fingerprint density at radius 3 is 2.67 bits per heavy atom. The summed E-state index contributed by atoms with van der Waals surface area (Å²) in [5.41, 5.74) is 2.49. The molecular formula is C14H21BrN2O. The summed E-state index contributed by atoms with van der Waals surface area (Å²) in [5, 5.41) is 6.19. The third-order valence-electron chi connectivity index (χ3n) is 2.68. The van der Waals surface area contributed by atoms with Gasteiger partial charge in [-0.05, 0) is 24.1 Å². The van der Waals surface area contributed by atoms with Gasteiger partial charge in [0.15, 0.2) is 0 Å². The smallest absolute Gasteiger partial charge is 0.222 e. The highest BCUT2D eigenvalue weighted by Crippen LogP contribution is 2.16. The Kier molecular flexibility index (Phi) is 6.36. The number of amides is 1. The van der Waals surface area contributed by atoms with Crippen LogP contribution in [0.3, 0.4) is 0 Å². The van der Waals surface area contributed by atoms with Crippen LogP contribution in [0, 0.1) is 12.8 Å². The van der Waals surface area contributed by atoms with Crippen LogP contribution < -0.4 is 10.6 Å². The van der Waals surface area contributed by atoms with E-state index in [1.165, 1.54) is 11.1 Å². The van der Waals surface area contributed by atoms with Crippen molar-refractivity contribution in [2.75, 3.05) is 13.1 Å². The molecule has 2 N–H and O–H groups in total. The molecule has 0 saturated heterocycles. The van der Waals surface area contributed by atoms with E-state index in [1.54, 1.807) is 0 Å². The van der Waals surface area contributed by atoms with Gasteiger partial charge in [-0.2, -0.15) is 0 Å². The first-order valence-corrected chi connectivity index (χ1v) is 7.03. The highest BCUT2D eigenvalue weighted by Gasteiger charge is 2.04. The number of hydrogen-bond donors (Lipinski definition) is 2. The lowest BCUT2D eigenvalue weighted by Crippen LogP contribution is -2.34. The van der Waals surface area contributed by atoms with Crippen molar-refractivity contribution >= 4 is 21.8 Å². The highest BCUT2D eigenvalue weighted by molar-refractivity contribution is 9.10. The zero-order valence-corrected chi connectivity index (χ0v) is 12.8. The minimum Gasteiger partial charge on any atom is -0.355 e. The maximum Gasteiger partial charge on any atom is 0.222 e. The minimum atomic E-state index is 0.0547. The maximum absolute atomic E-state index is 11.3. The van der Waals surface area contributed by atoms with Gasteiger partial charge >= 0.3 is 0 Å². The average molecular weight is 313 g/mol. The van der Waals surface area contributed by atoms with Gasteiger partial charge in [0.05, 0.1) is 0 Å². The minimum absolute atomic E-state index is 0.0547. The Labute approximate surface area is 117 Å². The van der Waals surface area contributed by atoms with Crippen LogP contribution in [0.5, 0.6) is 0 Å². The molecule has 0 aliphatic rings. The lowest BCUT2D eigenvalue weighted by molar-refractivity contribution is -0.123. The van der Waals surface area contributed by atoms with Crippen molar-refractivity contribution in [2.24, 2.45) is 5.92 Å². The molecule has 1 aromatic carbocycles. The van der Waals surface area contributed by atoms with Gasteiger partial charge in [-0.25, -0.2) is 0 Å². The Morgan fingerprint density at radius 1 is 1.33 bits per heavy atom. The number of rotatable bonds is 6. The summed E-state index contributed by atoms with van der Waals surface area (Å²) in [7, 11) is 0. The predicted molar refractivity (Wildman–Crippen MR) is 78.4 cm³/mol. The summed E-state index contributed by atoms with van der Waals surface area (Å²) in [6.45, 7) is 8.16. The molecule has 0 aliphatic heterocycles. The molecule has 18 heavy (non-hydrogen) atoms. The van der Waals surface area contributed by atoms with Crippen molar-refractivity contribution in [3.8, 4) is 0 Å². The van der Waals surface area contributed by atoms with E-state index in [-0.39, 0.29) is 11.8 Å². The summed E-state index contributed by atoms with van der Waals surface area (Å²) < 4.78 is 1.13. The van der Waals surface area contributed by atoms with E-state index in [4.69, 9.17) is 0 Å². The molecule has 0 spiro atoms. The van der Waals surface area contributed by atoms with Crippen LogP contribution in [0.15, 0.2) is 22.7 Å². The first kappa shape index (κ1) is 15.2. The van der Waals surface area contributed by atoms with Crippen molar-refractivity contribution in [2.45, 2.75) is 27.3 Å². The van der Waals surface area contributed by atoms with Gasteiger partial charge in [-0.15, -0.1) is 0 Å². The highest BCUT2D eigenvalue weighted by atomic mass is 79.9. The van der Waals surface area contributed by atoms with Crippen LogP contribution >= 0.6 is 15.9 Å². The molecule has 0 aliphatic carbocycles. The van der Waals surface area contributed by atoms with Gasteiger partial charge in [0, 0.05) is 30.0 Å². The molecule has 0 atom stereocenters. The third kappa shape index (κ3) is 5.19. The molecule has 0 unspecified atom stereocenters. The molecule has 0 aromatic heterocycles.